The van der Waals surface area contributed by atoms with Crippen molar-refractivity contribution in [1.82, 2.24) is 25.1 Å². The lowest BCUT2D eigenvalue weighted by molar-refractivity contribution is 0.0993. The van der Waals surface area contributed by atoms with Crippen LogP contribution in [-0.4, -0.2) is 42.8 Å². The highest BCUT2D eigenvalue weighted by molar-refractivity contribution is 5.66. The SMILES string of the molecule is Cc1ncccc1C1CC(c2nc(-c3ccc(F)cc3)n[nH]2)CCN1C(=O)O. The van der Waals surface area contributed by atoms with Crippen LogP contribution in [-0.2, 0) is 0 Å². The summed E-state index contributed by atoms with van der Waals surface area (Å²) >= 11 is 0. The van der Waals surface area contributed by atoms with Gasteiger partial charge in [0.1, 0.15) is 11.6 Å². The Bertz CT molecular complexity index is 988. The van der Waals surface area contributed by atoms with Gasteiger partial charge < -0.3 is 10.0 Å². The molecule has 1 amide bonds. The van der Waals surface area contributed by atoms with Crippen molar-refractivity contribution in [2.45, 2.75) is 31.7 Å². The summed E-state index contributed by atoms with van der Waals surface area (Å²) in [6.45, 7) is 2.30. The average molecular weight is 381 g/mol. The fraction of sp³-hybridized carbons (Fsp3) is 0.300. The van der Waals surface area contributed by atoms with Crippen LogP contribution in [0, 0.1) is 12.7 Å². The van der Waals surface area contributed by atoms with E-state index in [4.69, 9.17) is 0 Å². The summed E-state index contributed by atoms with van der Waals surface area (Å²) in [4.78, 5) is 22.1. The number of nitrogens with zero attached hydrogens (tertiary/aromatic N) is 4. The molecule has 0 spiro atoms. The summed E-state index contributed by atoms with van der Waals surface area (Å²) in [5.74, 6) is 0.956. The predicted octanol–water partition coefficient (Wildman–Crippen LogP) is 3.91. The number of carboxylic acid groups (broad SMARTS) is 1. The van der Waals surface area contributed by atoms with E-state index in [1.54, 1.807) is 18.3 Å². The number of halogens is 1. The fourth-order valence-electron chi connectivity index (χ4n) is 3.77. The van der Waals surface area contributed by atoms with Crippen LogP contribution in [0.3, 0.4) is 0 Å². The lowest BCUT2D eigenvalue weighted by atomic mass is 9.86. The molecule has 2 N–H and O–H groups in total. The summed E-state index contributed by atoms with van der Waals surface area (Å²) in [6, 6.07) is 9.48. The Morgan fingerprint density at radius 2 is 2.07 bits per heavy atom. The van der Waals surface area contributed by atoms with Gasteiger partial charge in [-0.2, -0.15) is 5.10 Å². The van der Waals surface area contributed by atoms with Crippen molar-refractivity contribution in [1.29, 1.82) is 0 Å². The monoisotopic (exact) mass is 381 g/mol. The van der Waals surface area contributed by atoms with Crippen LogP contribution in [0.5, 0.6) is 0 Å². The molecule has 28 heavy (non-hydrogen) atoms. The number of aromatic amines is 1. The molecule has 1 aliphatic rings. The zero-order valence-electron chi connectivity index (χ0n) is 15.3. The number of nitrogens with one attached hydrogen (secondary N) is 1. The minimum Gasteiger partial charge on any atom is -0.465 e. The third kappa shape index (κ3) is 3.45. The van der Waals surface area contributed by atoms with E-state index < -0.39 is 6.09 Å². The molecule has 0 aliphatic carbocycles. The molecule has 1 saturated heterocycles. The minimum atomic E-state index is -0.934. The maximum absolute atomic E-state index is 13.1. The van der Waals surface area contributed by atoms with E-state index in [2.05, 4.69) is 20.2 Å². The zero-order chi connectivity index (χ0) is 19.7. The van der Waals surface area contributed by atoms with Gasteiger partial charge in [-0.15, -0.1) is 0 Å². The Hall–Kier alpha value is -3.29. The van der Waals surface area contributed by atoms with Gasteiger partial charge in [-0.1, -0.05) is 6.07 Å². The Labute approximate surface area is 161 Å². The van der Waals surface area contributed by atoms with E-state index in [1.165, 1.54) is 17.0 Å². The number of rotatable bonds is 3. The third-order valence-electron chi connectivity index (χ3n) is 5.25. The fourth-order valence-corrected chi connectivity index (χ4v) is 3.77. The molecule has 4 rings (SSSR count). The number of benzene rings is 1. The highest BCUT2D eigenvalue weighted by Gasteiger charge is 2.35. The molecule has 8 heteroatoms. The molecule has 7 nitrogen and oxygen atoms in total. The van der Waals surface area contributed by atoms with Crippen molar-refractivity contribution in [2.24, 2.45) is 0 Å². The normalized spacial score (nSPS) is 19.6. The van der Waals surface area contributed by atoms with Gasteiger partial charge in [-0.05, 0) is 55.7 Å². The molecule has 144 valence electrons. The first kappa shape index (κ1) is 18.1. The van der Waals surface area contributed by atoms with Gasteiger partial charge in [0.15, 0.2) is 5.82 Å². The molecule has 2 atom stereocenters. The molecule has 0 radical (unpaired) electrons. The minimum absolute atomic E-state index is 0.0434. The van der Waals surface area contributed by atoms with Crippen LogP contribution >= 0.6 is 0 Å². The molecule has 1 aromatic carbocycles. The van der Waals surface area contributed by atoms with E-state index in [-0.39, 0.29) is 17.8 Å². The van der Waals surface area contributed by atoms with Crippen molar-refractivity contribution in [3.8, 4) is 11.4 Å². The van der Waals surface area contributed by atoms with Crippen LogP contribution in [0.4, 0.5) is 9.18 Å². The standard InChI is InChI=1S/C20H20FN5O2/c1-12-16(3-2-9-22-12)17-11-14(8-10-26(17)20(27)28)19-23-18(24-25-19)13-4-6-15(21)7-5-13/h2-7,9,14,17H,8,10-11H2,1H3,(H,27,28)(H,23,24,25). The first-order valence-corrected chi connectivity index (χ1v) is 9.12. The van der Waals surface area contributed by atoms with Crippen molar-refractivity contribution in [3.05, 3.63) is 65.5 Å². The van der Waals surface area contributed by atoms with E-state index in [1.807, 2.05) is 19.1 Å². The Morgan fingerprint density at radius 3 is 2.79 bits per heavy atom. The summed E-state index contributed by atoms with van der Waals surface area (Å²) in [6.07, 6.45) is 2.02. The summed E-state index contributed by atoms with van der Waals surface area (Å²) in [7, 11) is 0. The molecule has 3 heterocycles. The molecular weight excluding hydrogens is 361 g/mol. The van der Waals surface area contributed by atoms with Crippen LogP contribution < -0.4 is 0 Å². The number of amides is 1. The molecule has 1 aliphatic heterocycles. The quantitative estimate of drug-likeness (QED) is 0.717. The lowest BCUT2D eigenvalue weighted by Gasteiger charge is -2.37. The van der Waals surface area contributed by atoms with Crippen LogP contribution in [0.25, 0.3) is 11.4 Å². The van der Waals surface area contributed by atoms with Gasteiger partial charge in [-0.25, -0.2) is 14.2 Å². The molecular formula is C20H20FN5O2. The molecule has 3 aromatic rings. The maximum Gasteiger partial charge on any atom is 0.407 e. The number of likely N-dealkylation sites (tertiary alicyclic amines) is 1. The number of hydrogen-bond acceptors (Lipinski definition) is 4. The number of aromatic nitrogens is 4. The Kier molecular flexibility index (Phi) is 4.77. The van der Waals surface area contributed by atoms with Crippen molar-refractivity contribution in [2.75, 3.05) is 6.54 Å². The van der Waals surface area contributed by atoms with Crippen molar-refractivity contribution in [3.63, 3.8) is 0 Å². The van der Waals surface area contributed by atoms with E-state index in [0.29, 0.717) is 25.2 Å². The van der Waals surface area contributed by atoms with Gasteiger partial charge in [0.05, 0.1) is 6.04 Å². The smallest absolute Gasteiger partial charge is 0.407 e. The summed E-state index contributed by atoms with van der Waals surface area (Å²) in [5, 5.41) is 16.9. The lowest BCUT2D eigenvalue weighted by Crippen LogP contribution is -2.40. The highest BCUT2D eigenvalue weighted by atomic mass is 19.1. The topological polar surface area (TPSA) is 95.0 Å². The highest BCUT2D eigenvalue weighted by Crippen LogP contribution is 2.39. The van der Waals surface area contributed by atoms with Crippen LogP contribution in [0.1, 0.15) is 41.9 Å². The molecule has 2 unspecified atom stereocenters. The number of aryl methyl sites for hydroxylation is 1. The number of piperidine rings is 1. The first-order valence-electron chi connectivity index (χ1n) is 9.12. The Morgan fingerprint density at radius 1 is 1.29 bits per heavy atom. The van der Waals surface area contributed by atoms with Gasteiger partial charge in [0, 0.05) is 29.9 Å². The molecule has 0 bridgehead atoms. The average Bonchev–Trinajstić information content (AvgIpc) is 3.18. The number of carbonyl (C=O) groups is 1. The second-order valence-corrected chi connectivity index (χ2v) is 6.94. The van der Waals surface area contributed by atoms with Gasteiger partial charge in [0.2, 0.25) is 0 Å². The second kappa shape index (κ2) is 7.38. The number of pyridine rings is 1. The predicted molar refractivity (Wildman–Crippen MR) is 100 cm³/mol. The van der Waals surface area contributed by atoms with Crippen LogP contribution in [0.15, 0.2) is 42.6 Å². The van der Waals surface area contributed by atoms with Crippen LogP contribution in [0.2, 0.25) is 0 Å². The van der Waals surface area contributed by atoms with Gasteiger partial charge in [-0.3, -0.25) is 10.1 Å². The summed E-state index contributed by atoms with van der Waals surface area (Å²) in [5.41, 5.74) is 2.46. The van der Waals surface area contributed by atoms with Crippen molar-refractivity contribution >= 4 is 6.09 Å². The first-order chi connectivity index (χ1) is 13.5. The number of hydrogen-bond donors (Lipinski definition) is 2. The zero-order valence-corrected chi connectivity index (χ0v) is 15.3. The maximum atomic E-state index is 13.1. The molecule has 0 saturated carbocycles. The summed E-state index contributed by atoms with van der Waals surface area (Å²) < 4.78 is 13.1. The molecule has 2 aromatic heterocycles. The largest absolute Gasteiger partial charge is 0.465 e. The van der Waals surface area contributed by atoms with E-state index in [0.717, 1.165) is 22.6 Å². The van der Waals surface area contributed by atoms with Gasteiger partial charge in [0.25, 0.3) is 0 Å². The van der Waals surface area contributed by atoms with E-state index in [9.17, 15) is 14.3 Å². The Balaban J connectivity index is 1.60. The number of H-pyrrole nitrogens is 1. The molecule has 1 fully saturated rings. The van der Waals surface area contributed by atoms with Crippen molar-refractivity contribution < 1.29 is 14.3 Å². The second-order valence-electron chi connectivity index (χ2n) is 6.94. The third-order valence-corrected chi connectivity index (χ3v) is 5.25. The van der Waals surface area contributed by atoms with Gasteiger partial charge >= 0.3 is 6.09 Å². The van der Waals surface area contributed by atoms with E-state index >= 15 is 0 Å².